The second kappa shape index (κ2) is 7.83. The second-order valence-corrected chi connectivity index (χ2v) is 5.36. The van der Waals surface area contributed by atoms with E-state index in [-0.39, 0.29) is 76.4 Å². The van der Waals surface area contributed by atoms with Crippen molar-refractivity contribution in [2.75, 3.05) is 0 Å². The molecule has 19 heavy (non-hydrogen) atoms. The van der Waals surface area contributed by atoms with Crippen LogP contribution in [0, 0.1) is 0 Å². The summed E-state index contributed by atoms with van der Waals surface area (Å²) in [6.45, 7) is 0. The number of fused-ring (bicyclic) bond motifs is 1. The standard InChI is InChI=1S/C12H10ClNO3S.K/c13-7-1-3-9-10(5-7)18-11(14-9)6-8(15)2-4-12(16)17;/h1,3,5H,2,4,6H2,(H,16,17);/q;+1/p-1. The van der Waals surface area contributed by atoms with E-state index in [2.05, 4.69) is 4.98 Å². The Morgan fingerprint density at radius 3 is 2.74 bits per heavy atom. The molecular weight excluding hydrogens is 313 g/mol. The zero-order chi connectivity index (χ0) is 13.1. The zero-order valence-electron chi connectivity index (χ0n) is 10.3. The summed E-state index contributed by atoms with van der Waals surface area (Å²) in [5.41, 5.74) is 0.798. The summed E-state index contributed by atoms with van der Waals surface area (Å²) < 4.78 is 0.921. The molecule has 7 heteroatoms. The molecule has 0 atom stereocenters. The average molecular weight is 322 g/mol. The number of benzene rings is 1. The SMILES string of the molecule is O=C([O-])CCC(=O)Cc1nc2ccc(Cl)cc2s1.[K+]. The van der Waals surface area contributed by atoms with Crippen LogP contribution in [0.2, 0.25) is 5.02 Å². The first-order chi connectivity index (χ1) is 8.54. The molecule has 1 aromatic carbocycles. The third-order valence-electron chi connectivity index (χ3n) is 2.35. The molecule has 0 amide bonds. The number of aromatic nitrogens is 1. The second-order valence-electron chi connectivity index (χ2n) is 3.81. The first-order valence-corrected chi connectivity index (χ1v) is 6.50. The van der Waals surface area contributed by atoms with E-state index in [1.807, 2.05) is 0 Å². The van der Waals surface area contributed by atoms with Crippen molar-refractivity contribution in [1.29, 1.82) is 0 Å². The summed E-state index contributed by atoms with van der Waals surface area (Å²) in [5, 5.41) is 11.5. The van der Waals surface area contributed by atoms with Gasteiger partial charge in [0, 0.05) is 17.4 Å². The average Bonchev–Trinajstić information content (AvgIpc) is 2.67. The smallest absolute Gasteiger partial charge is 0.550 e. The first-order valence-electron chi connectivity index (χ1n) is 5.31. The summed E-state index contributed by atoms with van der Waals surface area (Å²) >= 11 is 7.25. The fourth-order valence-electron chi connectivity index (χ4n) is 1.52. The predicted octanol–water partition coefficient (Wildman–Crippen LogP) is -1.40. The fraction of sp³-hybridized carbons (Fsp3) is 0.250. The molecule has 0 aliphatic heterocycles. The zero-order valence-corrected chi connectivity index (χ0v) is 15.0. The van der Waals surface area contributed by atoms with Crippen molar-refractivity contribution < 1.29 is 66.1 Å². The van der Waals surface area contributed by atoms with Crippen molar-refractivity contribution in [2.45, 2.75) is 19.3 Å². The molecule has 0 fully saturated rings. The molecule has 0 bridgehead atoms. The van der Waals surface area contributed by atoms with Gasteiger partial charge in [-0.15, -0.1) is 11.3 Å². The Hall–Kier alpha value is 0.176. The van der Waals surface area contributed by atoms with Gasteiger partial charge in [-0.2, -0.15) is 0 Å². The van der Waals surface area contributed by atoms with Crippen LogP contribution in [0.1, 0.15) is 17.8 Å². The van der Waals surface area contributed by atoms with Crippen LogP contribution in [-0.2, 0) is 16.0 Å². The van der Waals surface area contributed by atoms with Gasteiger partial charge >= 0.3 is 51.4 Å². The molecule has 0 aliphatic carbocycles. The Morgan fingerprint density at radius 1 is 1.32 bits per heavy atom. The predicted molar refractivity (Wildman–Crippen MR) is 67.6 cm³/mol. The number of carbonyl (C=O) groups is 2. The minimum absolute atomic E-state index is 0. The quantitative estimate of drug-likeness (QED) is 0.635. The number of halogens is 1. The molecule has 0 radical (unpaired) electrons. The number of carbonyl (C=O) groups excluding carboxylic acids is 2. The van der Waals surface area contributed by atoms with Crippen molar-refractivity contribution in [3.63, 3.8) is 0 Å². The Morgan fingerprint density at radius 2 is 2.05 bits per heavy atom. The molecule has 0 unspecified atom stereocenters. The van der Waals surface area contributed by atoms with E-state index in [4.69, 9.17) is 11.6 Å². The molecule has 2 rings (SSSR count). The monoisotopic (exact) mass is 321 g/mol. The summed E-state index contributed by atoms with van der Waals surface area (Å²) in [6, 6.07) is 5.33. The van der Waals surface area contributed by atoms with Crippen molar-refractivity contribution in [2.24, 2.45) is 0 Å². The summed E-state index contributed by atoms with van der Waals surface area (Å²) in [7, 11) is 0. The molecule has 4 nitrogen and oxygen atoms in total. The van der Waals surface area contributed by atoms with Gasteiger partial charge in [0.05, 0.1) is 16.6 Å². The van der Waals surface area contributed by atoms with E-state index in [1.54, 1.807) is 18.2 Å². The molecule has 1 aromatic heterocycles. The van der Waals surface area contributed by atoms with Gasteiger partial charge in [0.25, 0.3) is 0 Å². The molecule has 1 heterocycles. The van der Waals surface area contributed by atoms with Gasteiger partial charge in [-0.3, -0.25) is 4.79 Å². The summed E-state index contributed by atoms with van der Waals surface area (Å²) in [5.74, 6) is -1.36. The van der Waals surface area contributed by atoms with E-state index >= 15 is 0 Å². The number of nitrogens with zero attached hydrogens (tertiary/aromatic N) is 1. The first kappa shape index (κ1) is 17.2. The molecule has 0 saturated heterocycles. The number of carboxylic acids is 1. The summed E-state index contributed by atoms with van der Waals surface area (Å²) in [6.07, 6.45) is -0.0984. The van der Waals surface area contributed by atoms with Gasteiger partial charge in [-0.25, -0.2) is 4.98 Å². The Balaban J connectivity index is 0.00000180. The van der Waals surface area contributed by atoms with Crippen molar-refractivity contribution >= 4 is 44.9 Å². The van der Waals surface area contributed by atoms with Gasteiger partial charge in [0.1, 0.15) is 10.8 Å². The molecule has 0 spiro atoms. The molecule has 0 aliphatic rings. The topological polar surface area (TPSA) is 70.1 Å². The summed E-state index contributed by atoms with van der Waals surface area (Å²) in [4.78, 5) is 26.1. The van der Waals surface area contributed by atoms with E-state index in [1.165, 1.54) is 11.3 Å². The number of ketones is 1. The van der Waals surface area contributed by atoms with Gasteiger partial charge < -0.3 is 9.90 Å². The van der Waals surface area contributed by atoms with E-state index in [0.29, 0.717) is 10.0 Å². The normalized spacial score (nSPS) is 10.2. The number of Topliss-reactive ketones (excluding diaryl/α,β-unsaturated/α-hetero) is 1. The molecular formula is C12H9ClKNO3S. The number of carboxylic acid groups (broad SMARTS) is 1. The number of rotatable bonds is 5. The molecule has 0 saturated carbocycles. The van der Waals surface area contributed by atoms with Crippen LogP contribution in [0.15, 0.2) is 18.2 Å². The van der Waals surface area contributed by atoms with E-state index < -0.39 is 5.97 Å². The fourth-order valence-corrected chi connectivity index (χ4v) is 2.79. The molecule has 2 aromatic rings. The van der Waals surface area contributed by atoms with Crippen LogP contribution in [0.25, 0.3) is 10.2 Å². The molecule has 94 valence electrons. The van der Waals surface area contributed by atoms with Crippen LogP contribution in [0.3, 0.4) is 0 Å². The van der Waals surface area contributed by atoms with Crippen molar-refractivity contribution in [3.8, 4) is 0 Å². The van der Waals surface area contributed by atoms with Gasteiger partial charge in [0.2, 0.25) is 0 Å². The molecule has 0 N–H and O–H groups in total. The number of aliphatic carboxylic acids is 1. The largest absolute Gasteiger partial charge is 1.00 e. The Kier molecular flexibility index (Phi) is 7.10. The maximum absolute atomic E-state index is 11.5. The van der Waals surface area contributed by atoms with Crippen molar-refractivity contribution in [3.05, 3.63) is 28.2 Å². The number of hydrogen-bond donors (Lipinski definition) is 0. The van der Waals surface area contributed by atoms with Crippen LogP contribution >= 0.6 is 22.9 Å². The minimum Gasteiger partial charge on any atom is -0.550 e. The van der Waals surface area contributed by atoms with Gasteiger partial charge in [-0.05, 0) is 24.6 Å². The van der Waals surface area contributed by atoms with Gasteiger partial charge in [0.15, 0.2) is 0 Å². The Labute approximate surface area is 161 Å². The van der Waals surface area contributed by atoms with Gasteiger partial charge in [-0.1, -0.05) is 11.6 Å². The third-order valence-corrected chi connectivity index (χ3v) is 3.60. The van der Waals surface area contributed by atoms with E-state index in [0.717, 1.165) is 10.2 Å². The minimum atomic E-state index is -1.21. The number of hydrogen-bond acceptors (Lipinski definition) is 5. The van der Waals surface area contributed by atoms with Crippen LogP contribution in [0.4, 0.5) is 0 Å². The van der Waals surface area contributed by atoms with Crippen LogP contribution in [0.5, 0.6) is 0 Å². The maximum Gasteiger partial charge on any atom is 1.00 e. The Bertz CT molecular complexity index is 614. The maximum atomic E-state index is 11.5. The van der Waals surface area contributed by atoms with Crippen molar-refractivity contribution in [1.82, 2.24) is 4.98 Å². The number of thiazole rings is 1. The third kappa shape index (κ3) is 5.22. The van der Waals surface area contributed by atoms with Crippen LogP contribution in [-0.4, -0.2) is 16.7 Å². The van der Waals surface area contributed by atoms with Crippen LogP contribution < -0.4 is 56.5 Å². The van der Waals surface area contributed by atoms with E-state index in [9.17, 15) is 14.7 Å².